The van der Waals surface area contributed by atoms with Gasteiger partial charge in [-0.15, -0.1) is 5.21 Å². The van der Waals surface area contributed by atoms with Crippen molar-refractivity contribution in [3.05, 3.63) is 34.9 Å². The van der Waals surface area contributed by atoms with E-state index in [9.17, 15) is 9.90 Å². The van der Waals surface area contributed by atoms with Crippen LogP contribution >= 0.6 is 11.6 Å². The van der Waals surface area contributed by atoms with Crippen LogP contribution in [0.1, 0.15) is 5.56 Å². The Bertz CT molecular complexity index is 679. The van der Waals surface area contributed by atoms with Crippen molar-refractivity contribution in [1.29, 1.82) is 0 Å². The van der Waals surface area contributed by atoms with Gasteiger partial charge < -0.3 is 10.8 Å². The highest BCUT2D eigenvalue weighted by Crippen LogP contribution is 2.70. The van der Waals surface area contributed by atoms with Crippen LogP contribution in [0, 0.1) is 0 Å². The molecule has 23 heavy (non-hydrogen) atoms. The molecule has 0 saturated heterocycles. The minimum Gasteiger partial charge on any atom is -0.393 e. The molecule has 1 aromatic carbocycles. The fourth-order valence-electron chi connectivity index (χ4n) is 2.79. The first-order valence-corrected chi connectivity index (χ1v) is 6.88. The number of rotatable bonds is 1. The predicted octanol–water partition coefficient (Wildman–Crippen LogP) is -1.71. The molecule has 1 aliphatic rings. The molecule has 0 aromatic heterocycles. The zero-order chi connectivity index (χ0) is 18.1. The van der Waals surface area contributed by atoms with Crippen molar-refractivity contribution in [3.8, 4) is 0 Å². The second kappa shape index (κ2) is 5.03. The van der Waals surface area contributed by atoms with Gasteiger partial charge in [-0.05, 0) is 11.6 Å². The standard InChI is InChI=1S/C12H7B7ClNO2/c13-9(23)7(22)8(21,5-3-1-2-4-6(5)20)10(14,15)12(18,19)11(9,16)17/h1-4,23H,21H2. The lowest BCUT2D eigenvalue weighted by Crippen LogP contribution is -2.76. The molecule has 1 fully saturated rings. The van der Waals surface area contributed by atoms with E-state index in [2.05, 4.69) is 0 Å². The Hall–Kier alpha value is -0.445. The van der Waals surface area contributed by atoms with Crippen LogP contribution in [0.5, 0.6) is 0 Å². The van der Waals surface area contributed by atoms with E-state index in [0.717, 1.165) is 0 Å². The summed E-state index contributed by atoms with van der Waals surface area (Å²) in [5, 5.41) is 3.01. The van der Waals surface area contributed by atoms with Crippen LogP contribution in [-0.4, -0.2) is 71.3 Å². The fraction of sp³-hybridized carbons (Fsp3) is 0.417. The van der Waals surface area contributed by atoms with Gasteiger partial charge in [0.15, 0.2) is 5.78 Å². The van der Waals surface area contributed by atoms with E-state index in [4.69, 9.17) is 72.3 Å². The predicted molar refractivity (Wildman–Crippen MR) is 95.6 cm³/mol. The van der Waals surface area contributed by atoms with Gasteiger partial charge in [0.2, 0.25) is 0 Å². The molecule has 3 nitrogen and oxygen atoms in total. The van der Waals surface area contributed by atoms with Crippen molar-refractivity contribution in [2.45, 2.75) is 26.7 Å². The molecule has 2 rings (SSSR count). The number of benzene rings is 1. The Balaban J connectivity index is 2.89. The average molecular weight is 308 g/mol. The zero-order valence-corrected chi connectivity index (χ0v) is 12.9. The minimum absolute atomic E-state index is 0.0312. The second-order valence-corrected chi connectivity index (χ2v) is 6.40. The van der Waals surface area contributed by atoms with Gasteiger partial charge in [0, 0.05) is 5.02 Å². The van der Waals surface area contributed by atoms with Crippen molar-refractivity contribution >= 4 is 72.3 Å². The summed E-state index contributed by atoms with van der Waals surface area (Å²) in [5.74, 6) is -1.26. The van der Waals surface area contributed by atoms with Crippen LogP contribution in [0.25, 0.3) is 0 Å². The summed E-state index contributed by atoms with van der Waals surface area (Å²) < 4.78 is 0. The van der Waals surface area contributed by atoms with Crippen LogP contribution < -0.4 is 5.73 Å². The maximum absolute atomic E-state index is 12.9. The van der Waals surface area contributed by atoms with Gasteiger partial charge in [0.25, 0.3) is 0 Å². The molecular formula is C12H7B7ClNO2. The summed E-state index contributed by atoms with van der Waals surface area (Å²) in [5.41, 5.74) is 0.864. The van der Waals surface area contributed by atoms with E-state index in [1.54, 1.807) is 6.07 Å². The van der Waals surface area contributed by atoms with Gasteiger partial charge in [-0.1, -0.05) is 40.2 Å². The van der Waals surface area contributed by atoms with Crippen LogP contribution in [0.2, 0.25) is 20.7 Å². The quantitative estimate of drug-likeness (QED) is 0.608. The molecule has 2 unspecified atom stereocenters. The van der Waals surface area contributed by atoms with E-state index < -0.39 is 32.5 Å². The van der Waals surface area contributed by atoms with Gasteiger partial charge in [-0.2, -0.15) is 0 Å². The summed E-state index contributed by atoms with van der Waals surface area (Å²) in [4.78, 5) is 12.9. The maximum atomic E-state index is 12.9. The number of hydrogen-bond acceptors (Lipinski definition) is 3. The van der Waals surface area contributed by atoms with Crippen LogP contribution in [0.3, 0.4) is 0 Å². The van der Waals surface area contributed by atoms with Crippen molar-refractivity contribution in [2.24, 2.45) is 5.73 Å². The number of Topliss-reactive ketones (excluding diaryl/α,β-unsaturated/α-hetero) is 1. The maximum Gasteiger partial charge on any atom is 0.177 e. The Labute approximate surface area is 149 Å². The van der Waals surface area contributed by atoms with Crippen molar-refractivity contribution in [3.63, 3.8) is 0 Å². The number of carbonyl (C=O) groups excluding carboxylic acids is 1. The molecular weight excluding hydrogens is 301 g/mol. The summed E-state index contributed by atoms with van der Waals surface area (Å²) in [6.45, 7) is 0. The normalized spacial score (nSPS) is 34.8. The summed E-state index contributed by atoms with van der Waals surface area (Å²) in [6.07, 6.45) is 0. The zero-order valence-electron chi connectivity index (χ0n) is 12.2. The average Bonchev–Trinajstić information content (AvgIpc) is 2.44. The molecule has 1 saturated carbocycles. The van der Waals surface area contributed by atoms with Crippen molar-refractivity contribution < 1.29 is 9.90 Å². The summed E-state index contributed by atoms with van der Waals surface area (Å²) in [6, 6.07) is 5.92. The van der Waals surface area contributed by atoms with Gasteiger partial charge in [0.1, 0.15) is 7.85 Å². The third kappa shape index (κ3) is 1.98. The van der Waals surface area contributed by atoms with Crippen LogP contribution in [-0.2, 0) is 10.3 Å². The van der Waals surface area contributed by atoms with E-state index in [-0.39, 0.29) is 10.6 Å². The highest BCUT2D eigenvalue weighted by Gasteiger charge is 2.70. The summed E-state index contributed by atoms with van der Waals surface area (Å²) in [7, 11) is 40.9. The Morgan fingerprint density at radius 2 is 1.39 bits per heavy atom. The van der Waals surface area contributed by atoms with Crippen molar-refractivity contribution in [2.75, 3.05) is 0 Å². The second-order valence-electron chi connectivity index (χ2n) is 5.99. The van der Waals surface area contributed by atoms with Gasteiger partial charge in [-0.3, -0.25) is 4.79 Å². The molecule has 0 amide bonds. The lowest BCUT2D eigenvalue weighted by Gasteiger charge is -2.70. The molecule has 1 aromatic rings. The molecule has 11 heteroatoms. The Kier molecular flexibility index (Phi) is 4.13. The summed E-state index contributed by atoms with van der Waals surface area (Å²) >= 11 is 6.09. The SMILES string of the molecule is [B]C1(O)C(=O)C(N)(c2ccccc2Cl)C([B])([B])C([B])([B])C1([B])[B]. The molecule has 0 bridgehead atoms. The first-order chi connectivity index (χ1) is 10.2. The minimum atomic E-state index is -2.92. The lowest BCUT2D eigenvalue weighted by molar-refractivity contribution is -0.142. The number of halogens is 1. The van der Waals surface area contributed by atoms with Gasteiger partial charge in [-0.25, -0.2) is 0 Å². The Morgan fingerprint density at radius 3 is 1.87 bits per heavy atom. The highest BCUT2D eigenvalue weighted by molar-refractivity contribution is 6.66. The first kappa shape index (κ1) is 18.9. The van der Waals surface area contributed by atoms with Crippen molar-refractivity contribution in [1.82, 2.24) is 0 Å². The lowest BCUT2D eigenvalue weighted by atomic mass is 9.08. The van der Waals surface area contributed by atoms with E-state index >= 15 is 0 Å². The third-order valence-corrected chi connectivity index (χ3v) is 4.98. The van der Waals surface area contributed by atoms with Gasteiger partial charge >= 0.3 is 0 Å². The number of nitrogens with two attached hydrogens (primary N) is 1. The molecule has 0 spiro atoms. The smallest absolute Gasteiger partial charge is 0.177 e. The third-order valence-electron chi connectivity index (χ3n) is 4.66. The molecule has 1 aliphatic carbocycles. The molecule has 0 heterocycles. The van der Waals surface area contributed by atoms with Gasteiger partial charge in [0.05, 0.1) is 58.1 Å². The number of carbonyl (C=O) groups is 1. The number of aliphatic hydroxyl groups is 1. The fourth-order valence-corrected chi connectivity index (χ4v) is 3.07. The molecule has 2 atom stereocenters. The molecule has 14 radical (unpaired) electrons. The number of hydrogen-bond donors (Lipinski definition) is 2. The largest absolute Gasteiger partial charge is 0.393 e. The van der Waals surface area contributed by atoms with E-state index in [0.29, 0.717) is 0 Å². The molecule has 100 valence electrons. The van der Waals surface area contributed by atoms with E-state index in [1.807, 2.05) is 0 Å². The van der Waals surface area contributed by atoms with E-state index in [1.165, 1.54) is 18.2 Å². The number of ketones is 1. The van der Waals surface area contributed by atoms with Crippen LogP contribution in [0.15, 0.2) is 24.3 Å². The first-order valence-electron chi connectivity index (χ1n) is 6.50. The topological polar surface area (TPSA) is 63.3 Å². The Morgan fingerprint density at radius 1 is 0.913 bits per heavy atom. The highest BCUT2D eigenvalue weighted by atomic mass is 35.5. The molecule has 0 aliphatic heterocycles. The van der Waals surface area contributed by atoms with Crippen LogP contribution in [0.4, 0.5) is 0 Å². The molecule has 3 N–H and O–H groups in total. The monoisotopic (exact) mass is 309 g/mol.